The van der Waals surface area contributed by atoms with Gasteiger partial charge in [-0.15, -0.1) is 6.58 Å². The van der Waals surface area contributed by atoms with Gasteiger partial charge in [0, 0.05) is 17.4 Å². The lowest BCUT2D eigenvalue weighted by atomic mass is 9.37. The molecule has 0 aromatic heterocycles. The molecule has 0 spiro atoms. The average molecular weight is 350 g/mol. The van der Waals surface area contributed by atoms with E-state index >= 15 is 0 Å². The molecule has 3 aliphatic rings. The number of aliphatic hydroxyl groups is 2. The van der Waals surface area contributed by atoms with Crippen molar-refractivity contribution < 1.29 is 10.2 Å². The van der Waals surface area contributed by atoms with Crippen LogP contribution in [0.15, 0.2) is 12.7 Å². The standard InChI is InChI=1S/C22H39NO2/c1-7-19(4)13-17(24)20(5)15(2)9-12-21(16(3)18(19)25)10-8-11-22(20,21)14-23-6/h7,15-18,23-25H,1,8-14H2,2-6H3/t15?,16-,17+,18-,19+,20?,21?,22+/m0/s1. The normalized spacial score (nSPS) is 56.0. The Morgan fingerprint density at radius 3 is 2.44 bits per heavy atom. The molecule has 0 saturated heterocycles. The molecule has 3 saturated carbocycles. The highest BCUT2D eigenvalue weighted by Gasteiger charge is 2.72. The summed E-state index contributed by atoms with van der Waals surface area (Å²) < 4.78 is 0. The highest BCUT2D eigenvalue weighted by Crippen LogP contribution is 2.74. The third-order valence-corrected chi connectivity index (χ3v) is 9.55. The van der Waals surface area contributed by atoms with E-state index in [4.69, 9.17) is 0 Å². The van der Waals surface area contributed by atoms with E-state index in [1.807, 2.05) is 13.1 Å². The first-order valence-corrected chi connectivity index (χ1v) is 10.3. The summed E-state index contributed by atoms with van der Waals surface area (Å²) in [6.07, 6.45) is 7.50. The van der Waals surface area contributed by atoms with Crippen LogP contribution in [0.1, 0.15) is 66.2 Å². The van der Waals surface area contributed by atoms with Gasteiger partial charge in [-0.05, 0) is 61.8 Å². The first-order valence-electron chi connectivity index (χ1n) is 10.3. The Morgan fingerprint density at radius 2 is 1.84 bits per heavy atom. The van der Waals surface area contributed by atoms with E-state index in [1.54, 1.807) is 0 Å². The number of hydrogen-bond acceptors (Lipinski definition) is 3. The number of nitrogens with one attached hydrogen (secondary N) is 1. The van der Waals surface area contributed by atoms with Crippen molar-refractivity contribution in [1.29, 1.82) is 0 Å². The largest absolute Gasteiger partial charge is 0.392 e. The summed E-state index contributed by atoms with van der Waals surface area (Å²) in [5.74, 6) is 0.698. The van der Waals surface area contributed by atoms with Crippen molar-refractivity contribution in [3.63, 3.8) is 0 Å². The summed E-state index contributed by atoms with van der Waals surface area (Å²) in [5.41, 5.74) is -0.418. The quantitative estimate of drug-likeness (QED) is 0.680. The molecule has 3 unspecified atom stereocenters. The molecule has 3 heteroatoms. The Kier molecular flexibility index (Phi) is 4.71. The zero-order valence-corrected chi connectivity index (χ0v) is 16.9. The van der Waals surface area contributed by atoms with Gasteiger partial charge in [-0.1, -0.05) is 40.2 Å². The van der Waals surface area contributed by atoms with Crippen LogP contribution < -0.4 is 5.32 Å². The van der Waals surface area contributed by atoms with Crippen LogP contribution in [0.3, 0.4) is 0 Å². The van der Waals surface area contributed by atoms with Crippen LogP contribution in [0.5, 0.6) is 0 Å². The van der Waals surface area contributed by atoms with Gasteiger partial charge in [0.25, 0.3) is 0 Å². The van der Waals surface area contributed by atoms with Gasteiger partial charge in [0.05, 0.1) is 12.2 Å². The topological polar surface area (TPSA) is 52.5 Å². The first kappa shape index (κ1) is 19.4. The van der Waals surface area contributed by atoms with Crippen molar-refractivity contribution in [2.45, 2.75) is 78.4 Å². The Labute approximate surface area is 154 Å². The van der Waals surface area contributed by atoms with Crippen molar-refractivity contribution >= 4 is 0 Å². The maximum absolute atomic E-state index is 11.6. The van der Waals surface area contributed by atoms with Crippen molar-refractivity contribution in [3.8, 4) is 0 Å². The summed E-state index contributed by atoms with van der Waals surface area (Å²) >= 11 is 0. The molecule has 2 bridgehead atoms. The molecule has 0 aromatic carbocycles. The van der Waals surface area contributed by atoms with Gasteiger partial charge in [0.15, 0.2) is 0 Å². The summed E-state index contributed by atoms with van der Waals surface area (Å²) in [6.45, 7) is 14.0. The fourth-order valence-electron chi connectivity index (χ4n) is 7.73. The molecule has 144 valence electrons. The second-order valence-electron chi connectivity index (χ2n) is 10.0. The van der Waals surface area contributed by atoms with E-state index in [9.17, 15) is 10.2 Å². The van der Waals surface area contributed by atoms with Crippen LogP contribution in [0.2, 0.25) is 0 Å². The predicted molar refractivity (Wildman–Crippen MR) is 103 cm³/mol. The Morgan fingerprint density at radius 1 is 1.16 bits per heavy atom. The van der Waals surface area contributed by atoms with Gasteiger partial charge >= 0.3 is 0 Å². The second kappa shape index (κ2) is 6.07. The van der Waals surface area contributed by atoms with E-state index < -0.39 is 17.6 Å². The third-order valence-electron chi connectivity index (χ3n) is 9.55. The van der Waals surface area contributed by atoms with Crippen molar-refractivity contribution in [1.82, 2.24) is 5.32 Å². The molecule has 3 nitrogen and oxygen atoms in total. The fraction of sp³-hybridized carbons (Fsp3) is 0.909. The zero-order chi connectivity index (χ0) is 18.7. The Bertz CT molecular complexity index is 536. The zero-order valence-electron chi connectivity index (χ0n) is 16.9. The molecule has 3 aliphatic carbocycles. The minimum Gasteiger partial charge on any atom is -0.392 e. The van der Waals surface area contributed by atoms with Crippen LogP contribution in [0, 0.1) is 33.5 Å². The summed E-state index contributed by atoms with van der Waals surface area (Å²) in [6, 6.07) is 0. The SMILES string of the molecule is C=C[C@]1(C)C[C@@H](O)C2(C)C(C)CCC3(CCC[C@]32CNC)[C@@H](C)[C@@H]1O. The maximum Gasteiger partial charge on any atom is 0.0660 e. The molecule has 0 aliphatic heterocycles. The molecule has 0 amide bonds. The summed E-state index contributed by atoms with van der Waals surface area (Å²) in [4.78, 5) is 0. The molecule has 3 rings (SSSR count). The highest BCUT2D eigenvalue weighted by atomic mass is 16.3. The van der Waals surface area contributed by atoms with Crippen LogP contribution in [-0.2, 0) is 0 Å². The van der Waals surface area contributed by atoms with E-state index in [0.717, 1.165) is 19.4 Å². The maximum atomic E-state index is 11.6. The van der Waals surface area contributed by atoms with Gasteiger partial charge in [-0.3, -0.25) is 0 Å². The second-order valence-corrected chi connectivity index (χ2v) is 10.0. The van der Waals surface area contributed by atoms with Crippen LogP contribution >= 0.6 is 0 Å². The highest BCUT2D eigenvalue weighted by molar-refractivity contribution is 5.22. The van der Waals surface area contributed by atoms with E-state index in [-0.39, 0.29) is 22.2 Å². The summed E-state index contributed by atoms with van der Waals surface area (Å²) in [7, 11) is 2.05. The van der Waals surface area contributed by atoms with Crippen LogP contribution in [-0.4, -0.2) is 36.0 Å². The smallest absolute Gasteiger partial charge is 0.0660 e. The van der Waals surface area contributed by atoms with Crippen molar-refractivity contribution in [2.75, 3.05) is 13.6 Å². The minimum atomic E-state index is -0.452. The predicted octanol–water partition coefficient (Wildman–Crippen LogP) is 3.75. The molecular weight excluding hydrogens is 310 g/mol. The molecule has 0 radical (unpaired) electrons. The molecule has 8 atom stereocenters. The lowest BCUT2D eigenvalue weighted by molar-refractivity contribution is -0.240. The van der Waals surface area contributed by atoms with E-state index in [2.05, 4.69) is 39.6 Å². The fourth-order valence-corrected chi connectivity index (χ4v) is 7.73. The van der Waals surface area contributed by atoms with Crippen LogP contribution in [0.4, 0.5) is 0 Å². The van der Waals surface area contributed by atoms with Gasteiger partial charge < -0.3 is 15.5 Å². The van der Waals surface area contributed by atoms with E-state index in [1.165, 1.54) is 19.3 Å². The molecule has 3 N–H and O–H groups in total. The number of rotatable bonds is 3. The molecule has 25 heavy (non-hydrogen) atoms. The molecular formula is C22H39NO2. The lowest BCUT2D eigenvalue weighted by Gasteiger charge is -2.69. The third kappa shape index (κ3) is 2.15. The first-order chi connectivity index (χ1) is 11.6. The molecule has 0 heterocycles. The number of hydrogen-bond donors (Lipinski definition) is 3. The molecule has 3 fully saturated rings. The van der Waals surface area contributed by atoms with Crippen molar-refractivity contribution in [2.24, 2.45) is 33.5 Å². The average Bonchev–Trinajstić information content (AvgIpc) is 2.97. The van der Waals surface area contributed by atoms with Gasteiger partial charge in [0.2, 0.25) is 0 Å². The molecule has 0 aromatic rings. The van der Waals surface area contributed by atoms with Gasteiger partial charge in [-0.25, -0.2) is 0 Å². The van der Waals surface area contributed by atoms with Gasteiger partial charge in [-0.2, -0.15) is 0 Å². The van der Waals surface area contributed by atoms with E-state index in [0.29, 0.717) is 12.3 Å². The monoisotopic (exact) mass is 349 g/mol. The van der Waals surface area contributed by atoms with Crippen molar-refractivity contribution in [3.05, 3.63) is 12.7 Å². The Hall–Kier alpha value is -0.380. The van der Waals surface area contributed by atoms with Crippen LogP contribution in [0.25, 0.3) is 0 Å². The minimum absolute atomic E-state index is 0.0503. The number of aliphatic hydroxyl groups excluding tert-OH is 2. The summed E-state index contributed by atoms with van der Waals surface area (Å²) in [5, 5.41) is 26.5. The lowest BCUT2D eigenvalue weighted by Crippen LogP contribution is -2.69. The Balaban J connectivity index is 2.26. The van der Waals surface area contributed by atoms with Gasteiger partial charge in [0.1, 0.15) is 0 Å².